The number of fused-ring (bicyclic) bond motifs is 1. The highest BCUT2D eigenvalue weighted by molar-refractivity contribution is 5.87. The number of carboxylic acid groups (broad SMARTS) is 1. The molecule has 1 heterocycles. The van der Waals surface area contributed by atoms with E-state index in [0.29, 0.717) is 16.8 Å². The molecule has 0 saturated heterocycles. The summed E-state index contributed by atoms with van der Waals surface area (Å²) < 4.78 is 4.92. The van der Waals surface area contributed by atoms with Gasteiger partial charge in [0, 0.05) is 5.69 Å². The fourth-order valence-electron chi connectivity index (χ4n) is 1.04. The van der Waals surface area contributed by atoms with Gasteiger partial charge in [0.2, 0.25) is 0 Å². The van der Waals surface area contributed by atoms with Crippen LogP contribution in [-0.2, 0) is 0 Å². The summed E-state index contributed by atoms with van der Waals surface area (Å²) in [4.78, 5) is 14.2. The molecule has 0 radical (unpaired) electrons. The molecule has 0 spiro atoms. The Hall–Kier alpha value is -2.04. The Morgan fingerprint density at radius 2 is 2.31 bits per heavy atom. The van der Waals surface area contributed by atoms with Gasteiger partial charge in [-0.15, -0.1) is 0 Å². The lowest BCUT2D eigenvalue weighted by Crippen LogP contribution is -1.94. The number of oxazole rings is 1. The number of nitrogen functional groups attached to an aromatic ring is 1. The maximum Gasteiger partial charge on any atom is 0.392 e. The number of aromatic carboxylic acids is 1. The summed E-state index contributed by atoms with van der Waals surface area (Å²) in [6, 6.07) is 4.77. The van der Waals surface area contributed by atoms with Crippen molar-refractivity contribution in [3.05, 3.63) is 24.1 Å². The van der Waals surface area contributed by atoms with Gasteiger partial charge >= 0.3 is 11.9 Å². The molecular formula is C8H6N2O3. The first-order valence-electron chi connectivity index (χ1n) is 3.56. The van der Waals surface area contributed by atoms with E-state index < -0.39 is 5.97 Å². The third kappa shape index (κ3) is 1.20. The van der Waals surface area contributed by atoms with E-state index in [4.69, 9.17) is 15.3 Å². The topological polar surface area (TPSA) is 89.3 Å². The molecule has 5 nitrogen and oxygen atoms in total. The molecule has 0 bridgehead atoms. The average molecular weight is 178 g/mol. The fraction of sp³-hybridized carbons (Fsp3) is 0. The molecule has 0 atom stereocenters. The Morgan fingerprint density at radius 1 is 1.54 bits per heavy atom. The summed E-state index contributed by atoms with van der Waals surface area (Å²) in [5, 5.41) is 8.57. The Labute approximate surface area is 72.8 Å². The van der Waals surface area contributed by atoms with E-state index in [-0.39, 0.29) is 5.89 Å². The van der Waals surface area contributed by atoms with Crippen LogP contribution in [0.1, 0.15) is 10.7 Å². The van der Waals surface area contributed by atoms with Crippen LogP contribution in [0.4, 0.5) is 5.69 Å². The Bertz CT molecular complexity index is 475. The van der Waals surface area contributed by atoms with Crippen LogP contribution in [0.25, 0.3) is 11.1 Å². The summed E-state index contributed by atoms with van der Waals surface area (Å²) in [7, 11) is 0. The van der Waals surface area contributed by atoms with Crippen molar-refractivity contribution >= 4 is 22.8 Å². The second kappa shape index (κ2) is 2.48. The highest BCUT2D eigenvalue weighted by Crippen LogP contribution is 2.17. The van der Waals surface area contributed by atoms with E-state index in [1.165, 1.54) is 0 Å². The largest absolute Gasteiger partial charge is 0.474 e. The van der Waals surface area contributed by atoms with Gasteiger partial charge in [-0.25, -0.2) is 9.78 Å². The minimum Gasteiger partial charge on any atom is -0.474 e. The van der Waals surface area contributed by atoms with Crippen LogP contribution in [-0.4, -0.2) is 16.1 Å². The second-order valence-corrected chi connectivity index (χ2v) is 2.55. The maximum absolute atomic E-state index is 10.5. The highest BCUT2D eigenvalue weighted by Gasteiger charge is 2.11. The Balaban J connectivity index is 2.68. The quantitative estimate of drug-likeness (QED) is 0.638. The van der Waals surface area contributed by atoms with Gasteiger partial charge in [0.1, 0.15) is 5.52 Å². The molecule has 3 N–H and O–H groups in total. The molecule has 2 aromatic rings. The summed E-state index contributed by atoms with van der Waals surface area (Å²) in [5.41, 5.74) is 6.88. The van der Waals surface area contributed by atoms with Crippen LogP contribution < -0.4 is 5.73 Å². The van der Waals surface area contributed by atoms with Gasteiger partial charge in [-0.2, -0.15) is 0 Å². The average Bonchev–Trinajstić information content (AvgIpc) is 2.46. The van der Waals surface area contributed by atoms with Crippen LogP contribution in [0.5, 0.6) is 0 Å². The van der Waals surface area contributed by atoms with E-state index in [0.717, 1.165) is 0 Å². The number of carbonyl (C=O) groups is 1. The molecule has 66 valence electrons. The number of hydrogen-bond donors (Lipinski definition) is 2. The van der Waals surface area contributed by atoms with E-state index in [1.807, 2.05) is 0 Å². The monoisotopic (exact) mass is 178 g/mol. The van der Waals surface area contributed by atoms with Crippen LogP contribution in [0.3, 0.4) is 0 Å². The molecule has 0 aliphatic carbocycles. The van der Waals surface area contributed by atoms with Crippen LogP contribution in [0.2, 0.25) is 0 Å². The molecule has 0 aliphatic rings. The standard InChI is InChI=1S/C8H6N2O3/c9-4-1-2-6-5(3-4)10-7(13-6)8(11)12/h1-3H,9H2,(H,11,12). The van der Waals surface area contributed by atoms with Gasteiger partial charge in [-0.05, 0) is 18.2 Å². The van der Waals surface area contributed by atoms with Gasteiger partial charge in [0.15, 0.2) is 5.58 Å². The summed E-state index contributed by atoms with van der Waals surface area (Å²) in [6.45, 7) is 0. The predicted octanol–water partition coefficient (Wildman–Crippen LogP) is 1.11. The van der Waals surface area contributed by atoms with Crippen molar-refractivity contribution in [3.63, 3.8) is 0 Å². The van der Waals surface area contributed by atoms with Crippen molar-refractivity contribution in [1.82, 2.24) is 4.98 Å². The van der Waals surface area contributed by atoms with E-state index in [9.17, 15) is 4.79 Å². The van der Waals surface area contributed by atoms with Crippen LogP contribution in [0.15, 0.2) is 22.6 Å². The lowest BCUT2D eigenvalue weighted by Gasteiger charge is -1.88. The number of anilines is 1. The number of nitrogens with two attached hydrogens (primary N) is 1. The number of rotatable bonds is 1. The molecule has 2 rings (SSSR count). The van der Waals surface area contributed by atoms with Crippen molar-refractivity contribution in [1.29, 1.82) is 0 Å². The molecule has 5 heteroatoms. The number of aromatic nitrogens is 1. The van der Waals surface area contributed by atoms with Crippen LogP contribution >= 0.6 is 0 Å². The van der Waals surface area contributed by atoms with Crippen molar-refractivity contribution < 1.29 is 14.3 Å². The predicted molar refractivity (Wildman–Crippen MR) is 45.4 cm³/mol. The fourth-order valence-corrected chi connectivity index (χ4v) is 1.04. The van der Waals surface area contributed by atoms with E-state index >= 15 is 0 Å². The van der Waals surface area contributed by atoms with Crippen molar-refractivity contribution in [3.8, 4) is 0 Å². The molecule has 0 unspecified atom stereocenters. The molecule has 0 saturated carbocycles. The first-order valence-corrected chi connectivity index (χ1v) is 3.56. The van der Waals surface area contributed by atoms with Gasteiger partial charge < -0.3 is 15.3 Å². The van der Waals surface area contributed by atoms with Crippen molar-refractivity contribution in [2.75, 3.05) is 5.73 Å². The lowest BCUT2D eigenvalue weighted by atomic mass is 10.3. The normalized spacial score (nSPS) is 10.5. The summed E-state index contributed by atoms with van der Waals surface area (Å²) in [6.07, 6.45) is 0. The zero-order valence-electron chi connectivity index (χ0n) is 6.52. The van der Waals surface area contributed by atoms with Gasteiger partial charge in [-0.3, -0.25) is 0 Å². The van der Waals surface area contributed by atoms with Gasteiger partial charge in [0.05, 0.1) is 0 Å². The summed E-state index contributed by atoms with van der Waals surface area (Å²) in [5.74, 6) is -1.50. The Kier molecular flexibility index (Phi) is 1.45. The third-order valence-corrected chi connectivity index (χ3v) is 1.59. The zero-order chi connectivity index (χ0) is 9.42. The first-order chi connectivity index (χ1) is 6.16. The van der Waals surface area contributed by atoms with Gasteiger partial charge in [-0.1, -0.05) is 0 Å². The SMILES string of the molecule is Nc1ccc2oc(C(=O)O)nc2c1. The third-order valence-electron chi connectivity index (χ3n) is 1.59. The van der Waals surface area contributed by atoms with Crippen molar-refractivity contribution in [2.45, 2.75) is 0 Å². The molecule has 0 amide bonds. The summed E-state index contributed by atoms with van der Waals surface area (Å²) >= 11 is 0. The molecule has 13 heavy (non-hydrogen) atoms. The first kappa shape index (κ1) is 7.60. The van der Waals surface area contributed by atoms with E-state index in [1.54, 1.807) is 18.2 Å². The number of carboxylic acids is 1. The number of nitrogens with zero attached hydrogens (tertiary/aromatic N) is 1. The minimum atomic E-state index is -1.19. The highest BCUT2D eigenvalue weighted by atomic mass is 16.4. The lowest BCUT2D eigenvalue weighted by molar-refractivity contribution is 0.0656. The van der Waals surface area contributed by atoms with Crippen molar-refractivity contribution in [2.24, 2.45) is 0 Å². The number of hydrogen-bond acceptors (Lipinski definition) is 4. The minimum absolute atomic E-state index is 0.319. The second-order valence-electron chi connectivity index (χ2n) is 2.55. The number of benzene rings is 1. The molecule has 0 aliphatic heterocycles. The molecule has 1 aromatic heterocycles. The smallest absolute Gasteiger partial charge is 0.392 e. The molecule has 1 aromatic carbocycles. The molecular weight excluding hydrogens is 172 g/mol. The Morgan fingerprint density at radius 3 is 3.00 bits per heavy atom. The maximum atomic E-state index is 10.5. The van der Waals surface area contributed by atoms with E-state index in [2.05, 4.69) is 4.98 Å². The molecule has 0 fully saturated rings. The van der Waals surface area contributed by atoms with Crippen LogP contribution in [0, 0.1) is 0 Å². The zero-order valence-corrected chi connectivity index (χ0v) is 6.52. The van der Waals surface area contributed by atoms with Gasteiger partial charge in [0.25, 0.3) is 0 Å².